The predicted molar refractivity (Wildman–Crippen MR) is 63.7 cm³/mol. The Kier molecular flexibility index (Phi) is 2.38. The predicted octanol–water partition coefficient (Wildman–Crippen LogP) is 2.55. The van der Waals surface area contributed by atoms with Crippen molar-refractivity contribution in [2.24, 2.45) is 5.92 Å². The van der Waals surface area contributed by atoms with E-state index in [2.05, 4.69) is 5.32 Å². The standard InChI is InChI=1S/C11H9Cl2NO3/c12-11(13)4-7(11)10(15)14-6-1-2-8-9(3-6)17-5-16-8/h1-3,7H,4-5H2,(H,14,15)/t7-/m1/s1. The molecule has 0 aromatic heterocycles. The van der Waals surface area contributed by atoms with E-state index in [0.717, 1.165) is 0 Å². The minimum absolute atomic E-state index is 0.172. The zero-order valence-corrected chi connectivity index (χ0v) is 10.2. The number of hydrogen-bond donors (Lipinski definition) is 1. The van der Waals surface area contributed by atoms with E-state index >= 15 is 0 Å². The Labute approximate surface area is 108 Å². The quantitative estimate of drug-likeness (QED) is 0.843. The largest absolute Gasteiger partial charge is 0.454 e. The van der Waals surface area contributed by atoms with Gasteiger partial charge in [0.2, 0.25) is 12.7 Å². The van der Waals surface area contributed by atoms with Crippen LogP contribution in [0.5, 0.6) is 11.5 Å². The number of fused-ring (bicyclic) bond motifs is 1. The lowest BCUT2D eigenvalue weighted by molar-refractivity contribution is -0.117. The number of benzene rings is 1. The van der Waals surface area contributed by atoms with Crippen LogP contribution in [0.2, 0.25) is 0 Å². The van der Waals surface area contributed by atoms with E-state index < -0.39 is 4.33 Å². The van der Waals surface area contributed by atoms with Gasteiger partial charge in [0.05, 0.1) is 5.92 Å². The van der Waals surface area contributed by atoms with Gasteiger partial charge < -0.3 is 14.8 Å². The monoisotopic (exact) mass is 273 g/mol. The minimum Gasteiger partial charge on any atom is -0.454 e. The summed E-state index contributed by atoms with van der Waals surface area (Å²) in [6, 6.07) is 5.21. The molecule has 1 aliphatic heterocycles. The molecule has 3 rings (SSSR count). The van der Waals surface area contributed by atoms with Crippen molar-refractivity contribution in [1.29, 1.82) is 0 Å². The summed E-state index contributed by atoms with van der Waals surface area (Å²) >= 11 is 11.6. The highest BCUT2D eigenvalue weighted by Crippen LogP contribution is 2.53. The van der Waals surface area contributed by atoms with Gasteiger partial charge in [-0.25, -0.2) is 0 Å². The molecule has 0 unspecified atom stereocenters. The van der Waals surface area contributed by atoms with Gasteiger partial charge in [0.1, 0.15) is 4.33 Å². The van der Waals surface area contributed by atoms with Gasteiger partial charge in [-0.2, -0.15) is 0 Å². The van der Waals surface area contributed by atoms with E-state index in [1.165, 1.54) is 0 Å². The van der Waals surface area contributed by atoms with E-state index in [9.17, 15) is 4.79 Å². The third-order valence-corrected chi connectivity index (χ3v) is 3.62. The molecule has 1 fully saturated rings. The fourth-order valence-electron chi connectivity index (χ4n) is 1.70. The summed E-state index contributed by atoms with van der Waals surface area (Å²) in [6.07, 6.45) is 0.493. The van der Waals surface area contributed by atoms with Crippen LogP contribution in [0, 0.1) is 5.92 Å². The maximum atomic E-state index is 11.7. The molecule has 0 spiro atoms. The number of amides is 1. The summed E-state index contributed by atoms with van der Waals surface area (Å²) in [5.41, 5.74) is 0.648. The number of nitrogens with one attached hydrogen (secondary N) is 1. The molecule has 1 amide bonds. The van der Waals surface area contributed by atoms with Crippen LogP contribution in [0.1, 0.15) is 6.42 Å². The van der Waals surface area contributed by atoms with Crippen LogP contribution in [0.3, 0.4) is 0 Å². The van der Waals surface area contributed by atoms with Gasteiger partial charge >= 0.3 is 0 Å². The first kappa shape index (κ1) is 11.0. The van der Waals surface area contributed by atoms with Crippen LogP contribution < -0.4 is 14.8 Å². The lowest BCUT2D eigenvalue weighted by Crippen LogP contribution is -2.16. The molecule has 1 atom stereocenters. The van der Waals surface area contributed by atoms with Crippen LogP contribution in [0.15, 0.2) is 18.2 Å². The first-order valence-electron chi connectivity index (χ1n) is 5.14. The number of rotatable bonds is 2. The SMILES string of the molecule is O=C(Nc1ccc2c(c1)OCO2)[C@H]1CC1(Cl)Cl. The van der Waals surface area contributed by atoms with Gasteiger partial charge in [-0.3, -0.25) is 4.79 Å². The van der Waals surface area contributed by atoms with Crippen molar-refractivity contribution in [2.75, 3.05) is 12.1 Å². The van der Waals surface area contributed by atoms with E-state index in [1.807, 2.05) is 0 Å². The van der Waals surface area contributed by atoms with Crippen LogP contribution >= 0.6 is 23.2 Å². The Morgan fingerprint density at radius 1 is 1.35 bits per heavy atom. The molecule has 0 bridgehead atoms. The number of ether oxygens (including phenoxy) is 2. The molecule has 1 aliphatic carbocycles. The van der Waals surface area contributed by atoms with Gasteiger partial charge in [-0.1, -0.05) is 0 Å². The van der Waals surface area contributed by atoms with E-state index in [-0.39, 0.29) is 18.6 Å². The number of alkyl halides is 2. The molecule has 2 aliphatic rings. The number of hydrogen-bond acceptors (Lipinski definition) is 3. The molecule has 0 radical (unpaired) electrons. The van der Waals surface area contributed by atoms with Gasteiger partial charge in [-0.15, -0.1) is 23.2 Å². The van der Waals surface area contributed by atoms with Crippen LogP contribution in [-0.2, 0) is 4.79 Å². The maximum Gasteiger partial charge on any atom is 0.231 e. The number of carbonyl (C=O) groups is 1. The smallest absolute Gasteiger partial charge is 0.231 e. The van der Waals surface area contributed by atoms with Crippen LogP contribution in [0.4, 0.5) is 5.69 Å². The van der Waals surface area contributed by atoms with Gasteiger partial charge in [-0.05, 0) is 18.6 Å². The Bertz CT molecular complexity index is 490. The molecule has 1 aromatic rings. The molecule has 1 aromatic carbocycles. The molecular weight excluding hydrogens is 265 g/mol. The third kappa shape index (κ3) is 2.03. The molecular formula is C11H9Cl2NO3. The van der Waals surface area contributed by atoms with Gasteiger partial charge in [0.25, 0.3) is 0 Å². The molecule has 1 N–H and O–H groups in total. The molecule has 0 saturated heterocycles. The highest BCUT2D eigenvalue weighted by Gasteiger charge is 2.56. The van der Waals surface area contributed by atoms with Crippen molar-refractivity contribution < 1.29 is 14.3 Å². The molecule has 1 heterocycles. The maximum absolute atomic E-state index is 11.7. The third-order valence-electron chi connectivity index (χ3n) is 2.78. The van der Waals surface area contributed by atoms with E-state index in [4.69, 9.17) is 32.7 Å². The number of carbonyl (C=O) groups excluding carboxylic acids is 1. The second-order valence-corrected chi connectivity index (χ2v) is 5.62. The molecule has 1 saturated carbocycles. The molecule has 90 valence electrons. The normalized spacial score (nSPS) is 23.3. The van der Waals surface area contributed by atoms with Crippen LogP contribution in [0.25, 0.3) is 0 Å². The average molecular weight is 274 g/mol. The second-order valence-electron chi connectivity index (χ2n) is 4.08. The van der Waals surface area contributed by atoms with Gasteiger partial charge in [0, 0.05) is 11.8 Å². The first-order valence-corrected chi connectivity index (χ1v) is 5.90. The topological polar surface area (TPSA) is 47.6 Å². The summed E-state index contributed by atoms with van der Waals surface area (Å²) in [5.74, 6) is 0.796. The van der Waals surface area contributed by atoms with E-state index in [1.54, 1.807) is 18.2 Å². The zero-order chi connectivity index (χ0) is 12.0. The Morgan fingerprint density at radius 2 is 2.06 bits per heavy atom. The second kappa shape index (κ2) is 3.68. The summed E-state index contributed by atoms with van der Waals surface area (Å²) in [5, 5.41) is 2.75. The van der Waals surface area contributed by atoms with E-state index in [0.29, 0.717) is 23.6 Å². The van der Waals surface area contributed by atoms with Crippen molar-refractivity contribution in [2.45, 2.75) is 10.8 Å². The Balaban J connectivity index is 1.71. The average Bonchev–Trinajstić information content (AvgIpc) is 2.73. The van der Waals surface area contributed by atoms with Crippen molar-refractivity contribution in [1.82, 2.24) is 0 Å². The zero-order valence-electron chi connectivity index (χ0n) is 8.70. The molecule has 4 nitrogen and oxygen atoms in total. The summed E-state index contributed by atoms with van der Waals surface area (Å²) in [7, 11) is 0. The van der Waals surface area contributed by atoms with Gasteiger partial charge in [0.15, 0.2) is 11.5 Å². The summed E-state index contributed by atoms with van der Waals surface area (Å²) in [4.78, 5) is 11.7. The summed E-state index contributed by atoms with van der Waals surface area (Å²) in [6.45, 7) is 0.210. The minimum atomic E-state index is -0.902. The first-order chi connectivity index (χ1) is 8.06. The highest BCUT2D eigenvalue weighted by molar-refractivity contribution is 6.52. The number of anilines is 1. The fraction of sp³-hybridized carbons (Fsp3) is 0.364. The van der Waals surface area contributed by atoms with Crippen LogP contribution in [-0.4, -0.2) is 17.0 Å². The molecule has 17 heavy (non-hydrogen) atoms. The Hall–Kier alpha value is -1.13. The fourth-order valence-corrected chi connectivity index (χ4v) is 2.21. The van der Waals surface area contributed by atoms with Crippen molar-refractivity contribution in [3.05, 3.63) is 18.2 Å². The number of halogens is 2. The highest BCUT2D eigenvalue weighted by atomic mass is 35.5. The van der Waals surface area contributed by atoms with Crippen molar-refractivity contribution in [3.63, 3.8) is 0 Å². The Morgan fingerprint density at radius 3 is 2.76 bits per heavy atom. The lowest BCUT2D eigenvalue weighted by Gasteiger charge is -2.05. The van der Waals surface area contributed by atoms with Crippen molar-refractivity contribution in [3.8, 4) is 11.5 Å². The summed E-state index contributed by atoms with van der Waals surface area (Å²) < 4.78 is 9.48. The lowest BCUT2D eigenvalue weighted by atomic mass is 10.2. The van der Waals surface area contributed by atoms with Crippen molar-refractivity contribution >= 4 is 34.8 Å². The molecule has 6 heteroatoms.